The Balaban J connectivity index is 2.22. The zero-order valence-electron chi connectivity index (χ0n) is 9.76. The van der Waals surface area contributed by atoms with Gasteiger partial charge < -0.3 is 14.7 Å². The number of ether oxygens (including phenoxy) is 1. The summed E-state index contributed by atoms with van der Waals surface area (Å²) in [7, 11) is 0. The van der Waals surface area contributed by atoms with Gasteiger partial charge in [-0.25, -0.2) is 0 Å². The lowest BCUT2D eigenvalue weighted by Gasteiger charge is -2.37. The van der Waals surface area contributed by atoms with Crippen LogP contribution in [0.2, 0.25) is 0 Å². The normalized spacial score (nSPS) is 25.8. The molecule has 0 aliphatic carbocycles. The Bertz CT molecular complexity index is 347. The Morgan fingerprint density at radius 1 is 1.44 bits per heavy atom. The maximum Gasteiger partial charge on any atom is 0.0726 e. The molecule has 2 rings (SSSR count). The number of rotatable bonds is 2. The average Bonchev–Trinajstić information content (AvgIpc) is 2.27. The number of aromatic nitrogens is 1. The third-order valence-electron chi connectivity index (χ3n) is 2.81. The first-order valence-electron chi connectivity index (χ1n) is 5.65. The highest BCUT2D eigenvalue weighted by Crippen LogP contribution is 2.23. The highest BCUT2D eigenvalue weighted by Gasteiger charge is 2.23. The molecule has 4 heteroatoms. The van der Waals surface area contributed by atoms with Gasteiger partial charge in [0.2, 0.25) is 0 Å². The van der Waals surface area contributed by atoms with Gasteiger partial charge in [0.05, 0.1) is 18.8 Å². The van der Waals surface area contributed by atoms with E-state index in [2.05, 4.69) is 23.7 Å². The summed E-state index contributed by atoms with van der Waals surface area (Å²) >= 11 is 0. The highest BCUT2D eigenvalue weighted by molar-refractivity contribution is 5.52. The fourth-order valence-corrected chi connectivity index (χ4v) is 2.22. The summed E-state index contributed by atoms with van der Waals surface area (Å²) in [4.78, 5) is 6.29. The van der Waals surface area contributed by atoms with Crippen molar-refractivity contribution in [2.45, 2.75) is 32.7 Å². The van der Waals surface area contributed by atoms with Gasteiger partial charge in [-0.05, 0) is 19.9 Å². The molecule has 0 spiro atoms. The number of hydrogen-bond acceptors (Lipinski definition) is 4. The molecule has 4 nitrogen and oxygen atoms in total. The maximum atomic E-state index is 9.28. The molecule has 1 saturated heterocycles. The molecule has 88 valence electrons. The monoisotopic (exact) mass is 222 g/mol. The van der Waals surface area contributed by atoms with Crippen molar-refractivity contribution in [3.05, 3.63) is 24.0 Å². The second-order valence-electron chi connectivity index (χ2n) is 4.32. The number of aliphatic hydroxyl groups excluding tert-OH is 1. The van der Waals surface area contributed by atoms with Crippen molar-refractivity contribution in [3.63, 3.8) is 0 Å². The van der Waals surface area contributed by atoms with Crippen molar-refractivity contribution in [2.24, 2.45) is 0 Å². The number of morpholine rings is 1. The van der Waals surface area contributed by atoms with E-state index in [1.165, 1.54) is 0 Å². The minimum Gasteiger partial charge on any atom is -0.392 e. The fraction of sp³-hybridized carbons (Fsp3) is 0.583. The SMILES string of the molecule is CC1CN(c2ccncc2CO)CC(C)O1. The summed E-state index contributed by atoms with van der Waals surface area (Å²) in [6.07, 6.45) is 3.94. The fourth-order valence-electron chi connectivity index (χ4n) is 2.22. The Kier molecular flexibility index (Phi) is 3.41. The molecule has 0 saturated carbocycles. The van der Waals surface area contributed by atoms with E-state index in [1.807, 2.05) is 6.07 Å². The van der Waals surface area contributed by atoms with Gasteiger partial charge in [0.25, 0.3) is 0 Å². The molecule has 2 atom stereocenters. The van der Waals surface area contributed by atoms with Crippen LogP contribution in [0.25, 0.3) is 0 Å². The molecule has 1 aliphatic rings. The molecule has 1 N–H and O–H groups in total. The van der Waals surface area contributed by atoms with Crippen LogP contribution in [0.1, 0.15) is 19.4 Å². The molecular weight excluding hydrogens is 204 g/mol. The van der Waals surface area contributed by atoms with Crippen molar-refractivity contribution >= 4 is 5.69 Å². The second-order valence-corrected chi connectivity index (χ2v) is 4.32. The van der Waals surface area contributed by atoms with Crippen LogP contribution in [0, 0.1) is 0 Å². The van der Waals surface area contributed by atoms with Gasteiger partial charge in [-0.1, -0.05) is 0 Å². The molecule has 1 aromatic rings. The lowest BCUT2D eigenvalue weighted by molar-refractivity contribution is -0.00532. The van der Waals surface area contributed by atoms with Crippen LogP contribution >= 0.6 is 0 Å². The topological polar surface area (TPSA) is 45.6 Å². The number of nitrogens with zero attached hydrogens (tertiary/aromatic N) is 2. The van der Waals surface area contributed by atoms with E-state index in [1.54, 1.807) is 12.4 Å². The van der Waals surface area contributed by atoms with E-state index in [9.17, 15) is 5.11 Å². The van der Waals surface area contributed by atoms with Gasteiger partial charge in [0, 0.05) is 36.7 Å². The Labute approximate surface area is 95.9 Å². The molecule has 2 unspecified atom stereocenters. The molecule has 0 amide bonds. The van der Waals surface area contributed by atoms with Crippen molar-refractivity contribution in [1.29, 1.82) is 0 Å². The second kappa shape index (κ2) is 4.80. The highest BCUT2D eigenvalue weighted by atomic mass is 16.5. The largest absolute Gasteiger partial charge is 0.392 e. The molecule has 0 bridgehead atoms. The first-order valence-corrected chi connectivity index (χ1v) is 5.65. The van der Waals surface area contributed by atoms with E-state index < -0.39 is 0 Å². The van der Waals surface area contributed by atoms with Crippen molar-refractivity contribution in [1.82, 2.24) is 4.98 Å². The molecule has 2 heterocycles. The molecular formula is C12H18N2O2. The van der Waals surface area contributed by atoms with Crippen LogP contribution in [0.5, 0.6) is 0 Å². The summed E-state index contributed by atoms with van der Waals surface area (Å²) in [6.45, 7) is 5.90. The first-order chi connectivity index (χ1) is 7.70. The molecule has 1 fully saturated rings. The van der Waals surface area contributed by atoms with Gasteiger partial charge in [0.1, 0.15) is 0 Å². The molecule has 16 heavy (non-hydrogen) atoms. The third kappa shape index (κ3) is 2.33. The average molecular weight is 222 g/mol. The first kappa shape index (κ1) is 11.4. The van der Waals surface area contributed by atoms with Gasteiger partial charge in [0.15, 0.2) is 0 Å². The summed E-state index contributed by atoms with van der Waals surface area (Å²) in [5.74, 6) is 0. The van der Waals surface area contributed by atoms with Crippen molar-refractivity contribution in [3.8, 4) is 0 Å². The third-order valence-corrected chi connectivity index (χ3v) is 2.81. The van der Waals surface area contributed by atoms with E-state index in [0.29, 0.717) is 0 Å². The quantitative estimate of drug-likeness (QED) is 0.816. The van der Waals surface area contributed by atoms with Crippen molar-refractivity contribution in [2.75, 3.05) is 18.0 Å². The van der Waals surface area contributed by atoms with Crippen LogP contribution in [-0.2, 0) is 11.3 Å². The van der Waals surface area contributed by atoms with Crippen LogP contribution in [-0.4, -0.2) is 35.4 Å². The summed E-state index contributed by atoms with van der Waals surface area (Å²) < 4.78 is 5.69. The van der Waals surface area contributed by atoms with E-state index >= 15 is 0 Å². The Hall–Kier alpha value is -1.13. The predicted molar refractivity (Wildman–Crippen MR) is 62.4 cm³/mol. The zero-order valence-corrected chi connectivity index (χ0v) is 9.76. The number of anilines is 1. The summed E-state index contributed by atoms with van der Waals surface area (Å²) in [5, 5.41) is 9.28. The van der Waals surface area contributed by atoms with Gasteiger partial charge in [-0.3, -0.25) is 4.98 Å². The summed E-state index contributed by atoms with van der Waals surface area (Å²) in [6, 6.07) is 1.95. The Morgan fingerprint density at radius 2 is 2.12 bits per heavy atom. The minimum atomic E-state index is 0.0310. The standard InChI is InChI=1S/C12H18N2O2/c1-9-6-14(7-10(2)16-9)12-3-4-13-5-11(12)8-15/h3-5,9-10,15H,6-8H2,1-2H3. The van der Waals surface area contributed by atoms with Crippen LogP contribution < -0.4 is 4.90 Å². The van der Waals surface area contributed by atoms with Gasteiger partial charge in [-0.2, -0.15) is 0 Å². The van der Waals surface area contributed by atoms with Gasteiger partial charge in [-0.15, -0.1) is 0 Å². The number of hydrogen-bond donors (Lipinski definition) is 1. The molecule has 1 aromatic heterocycles. The zero-order chi connectivity index (χ0) is 11.5. The van der Waals surface area contributed by atoms with Crippen LogP contribution in [0.3, 0.4) is 0 Å². The number of aliphatic hydroxyl groups is 1. The van der Waals surface area contributed by atoms with Crippen molar-refractivity contribution < 1.29 is 9.84 Å². The Morgan fingerprint density at radius 3 is 2.75 bits per heavy atom. The predicted octanol–water partition coefficient (Wildman–Crippen LogP) is 1.19. The lowest BCUT2D eigenvalue weighted by Crippen LogP contribution is -2.45. The van der Waals surface area contributed by atoms with E-state index in [0.717, 1.165) is 24.3 Å². The molecule has 0 aromatic carbocycles. The van der Waals surface area contributed by atoms with Crippen LogP contribution in [0.15, 0.2) is 18.5 Å². The van der Waals surface area contributed by atoms with Crippen LogP contribution in [0.4, 0.5) is 5.69 Å². The van der Waals surface area contributed by atoms with Gasteiger partial charge >= 0.3 is 0 Å². The summed E-state index contributed by atoms with van der Waals surface area (Å²) in [5.41, 5.74) is 1.95. The smallest absolute Gasteiger partial charge is 0.0726 e. The van der Waals surface area contributed by atoms with E-state index in [4.69, 9.17) is 4.74 Å². The maximum absolute atomic E-state index is 9.28. The minimum absolute atomic E-state index is 0.0310. The number of pyridine rings is 1. The molecule has 0 radical (unpaired) electrons. The molecule has 1 aliphatic heterocycles. The van der Waals surface area contributed by atoms with E-state index in [-0.39, 0.29) is 18.8 Å². The lowest BCUT2D eigenvalue weighted by atomic mass is 10.1.